The first kappa shape index (κ1) is 28.1. The fourth-order valence-corrected chi connectivity index (χ4v) is 5.08. The number of fused-ring (bicyclic) bond motifs is 1. The van der Waals surface area contributed by atoms with Crippen molar-refractivity contribution in [3.05, 3.63) is 89.0 Å². The van der Waals surface area contributed by atoms with Gasteiger partial charge in [0, 0.05) is 12.1 Å². The molecular formula is C33H35NO7. The smallest absolute Gasteiger partial charge is 0.295 e. The van der Waals surface area contributed by atoms with Crippen LogP contribution >= 0.6 is 0 Å². The lowest BCUT2D eigenvalue weighted by atomic mass is 9.94. The van der Waals surface area contributed by atoms with E-state index in [1.54, 1.807) is 37.4 Å². The molecule has 1 fully saturated rings. The van der Waals surface area contributed by atoms with E-state index in [4.69, 9.17) is 18.9 Å². The van der Waals surface area contributed by atoms with Gasteiger partial charge >= 0.3 is 0 Å². The normalized spacial score (nSPS) is 17.7. The molecule has 0 radical (unpaired) electrons. The lowest BCUT2D eigenvalue weighted by molar-refractivity contribution is -0.139. The lowest BCUT2D eigenvalue weighted by Gasteiger charge is -2.26. The van der Waals surface area contributed by atoms with Gasteiger partial charge in [-0.05, 0) is 60.2 Å². The minimum Gasteiger partial charge on any atom is -0.507 e. The van der Waals surface area contributed by atoms with E-state index in [-0.39, 0.29) is 17.9 Å². The summed E-state index contributed by atoms with van der Waals surface area (Å²) >= 11 is 0. The van der Waals surface area contributed by atoms with Crippen molar-refractivity contribution in [3.8, 4) is 23.0 Å². The summed E-state index contributed by atoms with van der Waals surface area (Å²) < 4.78 is 22.9. The van der Waals surface area contributed by atoms with Crippen molar-refractivity contribution in [2.75, 3.05) is 33.5 Å². The predicted molar refractivity (Wildman–Crippen MR) is 155 cm³/mol. The van der Waals surface area contributed by atoms with Gasteiger partial charge < -0.3 is 29.0 Å². The van der Waals surface area contributed by atoms with Crippen LogP contribution in [0.15, 0.2) is 72.3 Å². The fourth-order valence-electron chi connectivity index (χ4n) is 5.08. The monoisotopic (exact) mass is 557 g/mol. The van der Waals surface area contributed by atoms with Gasteiger partial charge in [-0.1, -0.05) is 50.2 Å². The number of nitrogens with zero attached hydrogens (tertiary/aromatic N) is 1. The Balaban J connectivity index is 1.55. The number of carbonyl (C=O) groups excluding carboxylic acids is 2. The first-order valence-corrected chi connectivity index (χ1v) is 13.9. The Morgan fingerprint density at radius 3 is 2.46 bits per heavy atom. The van der Waals surface area contributed by atoms with Gasteiger partial charge in [-0.25, -0.2) is 0 Å². The Labute approximate surface area is 240 Å². The molecule has 2 aliphatic rings. The van der Waals surface area contributed by atoms with E-state index in [1.165, 1.54) is 4.90 Å². The largest absolute Gasteiger partial charge is 0.507 e. The predicted octanol–water partition coefficient (Wildman–Crippen LogP) is 5.56. The number of Topliss-reactive ketones (excluding diaryl/α,β-unsaturated/α-hetero) is 1. The second kappa shape index (κ2) is 12.4. The minimum atomic E-state index is -0.828. The average molecular weight is 558 g/mol. The van der Waals surface area contributed by atoms with Crippen molar-refractivity contribution in [2.45, 2.75) is 32.7 Å². The molecule has 1 amide bonds. The Bertz CT molecular complexity index is 1450. The SMILES string of the molecule is COc1cc(C2C(=C(O)c3ccc4c(c3)OCCO4)C(=O)C(=O)N2CCc2ccccc2)ccc1OCCC(C)C. The number of hydrogen-bond acceptors (Lipinski definition) is 7. The van der Waals surface area contributed by atoms with Crippen LogP contribution in [0.3, 0.4) is 0 Å². The molecule has 0 saturated carbocycles. The van der Waals surface area contributed by atoms with E-state index < -0.39 is 17.7 Å². The van der Waals surface area contributed by atoms with Crippen LogP contribution in [-0.4, -0.2) is 55.2 Å². The number of likely N-dealkylation sites (tertiary alicyclic amines) is 1. The van der Waals surface area contributed by atoms with Gasteiger partial charge in [0.1, 0.15) is 19.0 Å². The topological polar surface area (TPSA) is 94.5 Å². The molecule has 3 aromatic rings. The summed E-state index contributed by atoms with van der Waals surface area (Å²) in [5, 5.41) is 11.5. The number of carbonyl (C=O) groups is 2. The number of aliphatic hydroxyl groups excluding tert-OH is 1. The molecule has 41 heavy (non-hydrogen) atoms. The van der Waals surface area contributed by atoms with Gasteiger partial charge in [0.25, 0.3) is 11.7 Å². The fraction of sp³-hybridized carbons (Fsp3) is 0.333. The van der Waals surface area contributed by atoms with Crippen molar-refractivity contribution in [1.82, 2.24) is 4.90 Å². The van der Waals surface area contributed by atoms with Crippen molar-refractivity contribution in [2.24, 2.45) is 5.92 Å². The summed E-state index contributed by atoms with van der Waals surface area (Å²) in [5.41, 5.74) is 2.03. The van der Waals surface area contributed by atoms with E-state index in [2.05, 4.69) is 13.8 Å². The van der Waals surface area contributed by atoms with Gasteiger partial charge in [-0.15, -0.1) is 0 Å². The molecule has 8 nitrogen and oxygen atoms in total. The third kappa shape index (κ3) is 6.01. The van der Waals surface area contributed by atoms with Crippen LogP contribution in [0.2, 0.25) is 0 Å². The van der Waals surface area contributed by atoms with E-state index in [0.29, 0.717) is 66.3 Å². The zero-order valence-corrected chi connectivity index (χ0v) is 23.6. The van der Waals surface area contributed by atoms with E-state index in [0.717, 1.165) is 12.0 Å². The maximum Gasteiger partial charge on any atom is 0.295 e. The van der Waals surface area contributed by atoms with Crippen LogP contribution in [0.1, 0.15) is 43.0 Å². The minimum absolute atomic E-state index is 0.00951. The summed E-state index contributed by atoms with van der Waals surface area (Å²) in [6, 6.07) is 19.3. The number of ether oxygens (including phenoxy) is 4. The molecule has 0 bridgehead atoms. The van der Waals surface area contributed by atoms with Crippen molar-refractivity contribution >= 4 is 17.4 Å². The Hall–Kier alpha value is -4.46. The molecule has 214 valence electrons. The van der Waals surface area contributed by atoms with E-state index >= 15 is 0 Å². The Kier molecular flexibility index (Phi) is 8.47. The summed E-state index contributed by atoms with van der Waals surface area (Å²) in [7, 11) is 1.55. The number of methoxy groups -OCH3 is 1. The van der Waals surface area contributed by atoms with Crippen molar-refractivity contribution in [3.63, 3.8) is 0 Å². The van der Waals surface area contributed by atoms with Gasteiger partial charge in [0.2, 0.25) is 0 Å². The van der Waals surface area contributed by atoms with Gasteiger partial charge in [-0.2, -0.15) is 0 Å². The van der Waals surface area contributed by atoms with Crippen molar-refractivity contribution in [1.29, 1.82) is 0 Å². The molecule has 0 aromatic heterocycles. The summed E-state index contributed by atoms with van der Waals surface area (Å²) in [5.74, 6) is 0.899. The maximum absolute atomic E-state index is 13.5. The number of ketones is 1. The summed E-state index contributed by atoms with van der Waals surface area (Å²) in [6.45, 7) is 5.89. The molecule has 2 heterocycles. The van der Waals surface area contributed by atoms with Crippen LogP contribution in [0.4, 0.5) is 0 Å². The molecule has 1 atom stereocenters. The van der Waals surface area contributed by atoms with E-state index in [1.807, 2.05) is 36.4 Å². The second-order valence-corrected chi connectivity index (χ2v) is 10.5. The molecule has 3 aromatic carbocycles. The molecule has 2 aliphatic heterocycles. The molecule has 1 unspecified atom stereocenters. The number of aliphatic hydroxyl groups is 1. The first-order valence-electron chi connectivity index (χ1n) is 13.9. The Morgan fingerprint density at radius 1 is 0.976 bits per heavy atom. The zero-order valence-electron chi connectivity index (χ0n) is 23.6. The average Bonchev–Trinajstić information content (AvgIpc) is 3.24. The summed E-state index contributed by atoms with van der Waals surface area (Å²) in [4.78, 5) is 28.5. The lowest BCUT2D eigenvalue weighted by Crippen LogP contribution is -2.31. The molecule has 0 aliphatic carbocycles. The zero-order chi connectivity index (χ0) is 28.9. The quantitative estimate of drug-likeness (QED) is 0.198. The van der Waals surface area contributed by atoms with Crippen LogP contribution in [0.25, 0.3) is 5.76 Å². The highest BCUT2D eigenvalue weighted by Crippen LogP contribution is 2.43. The van der Waals surface area contributed by atoms with E-state index in [9.17, 15) is 14.7 Å². The highest BCUT2D eigenvalue weighted by Gasteiger charge is 2.46. The second-order valence-electron chi connectivity index (χ2n) is 10.5. The van der Waals surface area contributed by atoms with Crippen LogP contribution in [-0.2, 0) is 16.0 Å². The maximum atomic E-state index is 13.5. The molecule has 0 spiro atoms. The molecule has 1 N–H and O–H groups in total. The van der Waals surface area contributed by atoms with Crippen molar-refractivity contribution < 1.29 is 33.6 Å². The first-order chi connectivity index (χ1) is 19.9. The molecular weight excluding hydrogens is 522 g/mol. The standard InChI is InChI=1S/C33H35NO7/c1-21(2)14-16-39-25-11-9-23(19-27(25)38-3)30-29(31(35)24-10-12-26-28(20-24)41-18-17-40-26)32(36)33(37)34(30)15-13-22-7-5-4-6-8-22/h4-12,19-21,30,35H,13-18H2,1-3H3. The number of hydrogen-bond donors (Lipinski definition) is 1. The Morgan fingerprint density at radius 2 is 1.73 bits per heavy atom. The third-order valence-corrected chi connectivity index (χ3v) is 7.30. The van der Waals surface area contributed by atoms with Gasteiger partial charge in [-0.3, -0.25) is 9.59 Å². The molecule has 5 rings (SSSR count). The highest BCUT2D eigenvalue weighted by atomic mass is 16.6. The molecule has 8 heteroatoms. The third-order valence-electron chi connectivity index (χ3n) is 7.30. The summed E-state index contributed by atoms with van der Waals surface area (Å²) in [6.07, 6.45) is 1.43. The highest BCUT2D eigenvalue weighted by molar-refractivity contribution is 6.46. The number of benzene rings is 3. The van der Waals surface area contributed by atoms with Gasteiger partial charge in [0.05, 0.1) is 25.3 Å². The van der Waals surface area contributed by atoms with Crippen LogP contribution < -0.4 is 18.9 Å². The van der Waals surface area contributed by atoms with Gasteiger partial charge in [0.15, 0.2) is 23.0 Å². The van der Waals surface area contributed by atoms with Crippen LogP contribution in [0, 0.1) is 5.92 Å². The molecule has 1 saturated heterocycles. The number of rotatable bonds is 10. The van der Waals surface area contributed by atoms with Crippen LogP contribution in [0.5, 0.6) is 23.0 Å². The number of amides is 1.